The molecule has 0 bridgehead atoms. The van der Waals surface area contributed by atoms with Crippen LogP contribution >= 0.6 is 0 Å². The van der Waals surface area contributed by atoms with Crippen molar-refractivity contribution in [2.45, 2.75) is 0 Å². The van der Waals surface area contributed by atoms with E-state index >= 15 is 0 Å². The molecule has 0 aromatic heterocycles. The highest BCUT2D eigenvalue weighted by Crippen LogP contribution is 2.24. The number of carbonyl (C=O) groups is 2. The van der Waals surface area contributed by atoms with E-state index in [0.29, 0.717) is 6.07 Å². The molecule has 1 amide bonds. The predicted octanol–water partition coefficient (Wildman–Crippen LogP) is 0.913. The highest BCUT2D eigenvalue weighted by Gasteiger charge is 2.19. The van der Waals surface area contributed by atoms with Crippen molar-refractivity contribution >= 4 is 23.3 Å². The average Bonchev–Trinajstić information content (AvgIpc) is 2.31. The second-order valence-electron chi connectivity index (χ2n) is 3.48. The Bertz CT molecular complexity index is 563. The van der Waals surface area contributed by atoms with E-state index in [0.717, 1.165) is 0 Å². The number of rotatable bonds is 6. The van der Waals surface area contributed by atoms with E-state index in [2.05, 4.69) is 4.74 Å². The zero-order chi connectivity index (χ0) is 15.3. The summed E-state index contributed by atoms with van der Waals surface area (Å²) in [5.74, 6) is -4.83. The van der Waals surface area contributed by atoms with E-state index < -0.39 is 53.0 Å². The van der Waals surface area contributed by atoms with Gasteiger partial charge in [-0.05, 0) is 0 Å². The molecule has 1 aromatic carbocycles. The lowest BCUT2D eigenvalue weighted by atomic mass is 10.2. The molecule has 0 aliphatic carbocycles. The molecule has 0 unspecified atom stereocenters. The van der Waals surface area contributed by atoms with Gasteiger partial charge in [0.05, 0.1) is 10.6 Å². The molecule has 0 aliphatic rings. The zero-order valence-electron chi connectivity index (χ0n) is 9.76. The van der Waals surface area contributed by atoms with Gasteiger partial charge in [0.25, 0.3) is 0 Å². The number of ether oxygens (including phenoxy) is 1. The third-order valence-electron chi connectivity index (χ3n) is 1.97. The first-order valence-electron chi connectivity index (χ1n) is 5.04. The number of amides is 1. The van der Waals surface area contributed by atoms with E-state index in [1.54, 1.807) is 0 Å². The van der Waals surface area contributed by atoms with Gasteiger partial charge in [-0.25, -0.2) is 9.18 Å². The van der Waals surface area contributed by atoms with Crippen LogP contribution < -0.4 is 5.32 Å². The van der Waals surface area contributed by atoms with Gasteiger partial charge in [0.1, 0.15) is 19.0 Å². The number of nitrogens with one attached hydrogen (secondary N) is 1. The highest BCUT2D eigenvalue weighted by molar-refractivity contribution is 5.92. The third-order valence-corrected chi connectivity index (χ3v) is 1.97. The normalized spacial score (nSPS) is 10.1. The van der Waals surface area contributed by atoms with Crippen LogP contribution in [0.2, 0.25) is 0 Å². The molecule has 0 fully saturated rings. The quantitative estimate of drug-likeness (QED) is 0.593. The molecule has 20 heavy (non-hydrogen) atoms. The summed E-state index contributed by atoms with van der Waals surface area (Å²) in [4.78, 5) is 30.8. The summed E-state index contributed by atoms with van der Waals surface area (Å²) in [6.45, 7) is -1.43. The van der Waals surface area contributed by atoms with Crippen molar-refractivity contribution in [3.05, 3.63) is 33.9 Å². The molecule has 2 N–H and O–H groups in total. The summed E-state index contributed by atoms with van der Waals surface area (Å²) < 4.78 is 30.7. The van der Waals surface area contributed by atoms with Crippen LogP contribution in [-0.2, 0) is 14.3 Å². The molecule has 0 radical (unpaired) electrons. The van der Waals surface area contributed by atoms with Gasteiger partial charge in [0.15, 0.2) is 0 Å². The van der Waals surface area contributed by atoms with Gasteiger partial charge in [-0.3, -0.25) is 14.9 Å². The Morgan fingerprint density at radius 3 is 2.50 bits per heavy atom. The lowest BCUT2D eigenvalue weighted by Gasteiger charge is -2.06. The Labute approximate surface area is 110 Å². The Kier molecular flexibility index (Phi) is 5.03. The van der Waals surface area contributed by atoms with Gasteiger partial charge in [0, 0.05) is 12.1 Å². The predicted molar refractivity (Wildman–Crippen MR) is 60.1 cm³/mol. The Hall–Kier alpha value is -2.62. The maximum Gasteiger partial charge on any atom is 0.329 e. The number of aliphatic carboxylic acids is 1. The molecule has 1 rings (SSSR count). The van der Waals surface area contributed by atoms with Crippen LogP contribution in [0.5, 0.6) is 0 Å². The fourth-order valence-corrected chi connectivity index (χ4v) is 1.19. The van der Waals surface area contributed by atoms with Crippen LogP contribution in [0.1, 0.15) is 0 Å². The van der Waals surface area contributed by atoms with Crippen molar-refractivity contribution < 1.29 is 33.1 Å². The molecule has 10 heteroatoms. The van der Waals surface area contributed by atoms with Crippen LogP contribution in [0.15, 0.2) is 12.1 Å². The second kappa shape index (κ2) is 6.52. The fourth-order valence-electron chi connectivity index (χ4n) is 1.19. The van der Waals surface area contributed by atoms with E-state index in [-0.39, 0.29) is 6.07 Å². The topological polar surface area (TPSA) is 119 Å². The first-order chi connectivity index (χ1) is 9.31. The molecular formula is C10H8F2N2O6. The van der Waals surface area contributed by atoms with Crippen LogP contribution in [-0.4, -0.2) is 35.1 Å². The van der Waals surface area contributed by atoms with Gasteiger partial charge in [0.2, 0.25) is 11.7 Å². The minimum Gasteiger partial charge on any atom is -0.480 e. The summed E-state index contributed by atoms with van der Waals surface area (Å²) in [7, 11) is 0. The number of hydrogen-bond acceptors (Lipinski definition) is 5. The Morgan fingerprint density at radius 2 is 1.95 bits per heavy atom. The number of hydrogen-bond donors (Lipinski definition) is 2. The molecule has 0 saturated heterocycles. The smallest absolute Gasteiger partial charge is 0.329 e. The number of nitro benzene ring substituents is 1. The highest BCUT2D eigenvalue weighted by atomic mass is 19.1. The largest absolute Gasteiger partial charge is 0.480 e. The molecule has 0 aliphatic heterocycles. The molecule has 108 valence electrons. The van der Waals surface area contributed by atoms with Crippen LogP contribution in [0.3, 0.4) is 0 Å². The number of benzene rings is 1. The van der Waals surface area contributed by atoms with Crippen molar-refractivity contribution in [1.82, 2.24) is 0 Å². The van der Waals surface area contributed by atoms with Gasteiger partial charge >= 0.3 is 11.7 Å². The summed E-state index contributed by atoms with van der Waals surface area (Å²) in [6.07, 6.45) is 0. The number of carbonyl (C=O) groups excluding carboxylic acids is 1. The monoisotopic (exact) mass is 290 g/mol. The lowest BCUT2D eigenvalue weighted by molar-refractivity contribution is -0.387. The van der Waals surface area contributed by atoms with Crippen molar-refractivity contribution in [3.8, 4) is 0 Å². The number of nitrogens with zero attached hydrogens (tertiary/aromatic N) is 1. The average molecular weight is 290 g/mol. The number of anilines is 1. The van der Waals surface area contributed by atoms with Gasteiger partial charge in [-0.15, -0.1) is 0 Å². The molecule has 0 spiro atoms. The van der Waals surface area contributed by atoms with Crippen LogP contribution in [0, 0.1) is 21.7 Å². The Balaban J connectivity index is 2.76. The molecule has 0 saturated carbocycles. The van der Waals surface area contributed by atoms with Crippen molar-refractivity contribution in [2.75, 3.05) is 18.5 Å². The molecule has 0 heterocycles. The SMILES string of the molecule is O=C(O)COCC(=O)Nc1cc([N+](=O)[O-])c(F)cc1F. The van der Waals surface area contributed by atoms with Crippen molar-refractivity contribution in [3.63, 3.8) is 0 Å². The van der Waals surface area contributed by atoms with E-state index in [1.165, 1.54) is 0 Å². The minimum atomic E-state index is -1.38. The van der Waals surface area contributed by atoms with Gasteiger partial charge < -0.3 is 15.2 Å². The van der Waals surface area contributed by atoms with Crippen molar-refractivity contribution in [1.29, 1.82) is 0 Å². The minimum absolute atomic E-state index is 0.256. The summed E-state index contributed by atoms with van der Waals surface area (Å²) >= 11 is 0. The zero-order valence-corrected chi connectivity index (χ0v) is 9.76. The Morgan fingerprint density at radius 1 is 1.30 bits per heavy atom. The molecule has 0 atom stereocenters. The summed E-state index contributed by atoms with van der Waals surface area (Å²) in [5.41, 5.74) is -1.62. The van der Waals surface area contributed by atoms with E-state index in [9.17, 15) is 28.5 Å². The van der Waals surface area contributed by atoms with Crippen LogP contribution in [0.4, 0.5) is 20.2 Å². The molecule has 1 aromatic rings. The maximum atomic E-state index is 13.3. The fraction of sp³-hybridized carbons (Fsp3) is 0.200. The third kappa shape index (κ3) is 4.24. The lowest BCUT2D eigenvalue weighted by Crippen LogP contribution is -2.21. The number of carboxylic acids is 1. The van der Waals surface area contributed by atoms with Gasteiger partial charge in [-0.1, -0.05) is 0 Å². The summed E-state index contributed by atoms with van der Waals surface area (Å²) in [5, 5.41) is 20.6. The summed E-state index contributed by atoms with van der Waals surface area (Å²) in [6, 6.07) is 0.769. The standard InChI is InChI=1S/C10H8F2N2O6/c11-5-1-6(12)8(14(18)19)2-7(5)13-9(15)3-20-4-10(16)17/h1-2H,3-4H2,(H,13,15)(H,16,17). The number of halogens is 2. The molecular weight excluding hydrogens is 282 g/mol. The van der Waals surface area contributed by atoms with E-state index in [1.807, 2.05) is 5.32 Å². The van der Waals surface area contributed by atoms with Crippen LogP contribution in [0.25, 0.3) is 0 Å². The molecule has 8 nitrogen and oxygen atoms in total. The first kappa shape index (κ1) is 15.4. The second-order valence-corrected chi connectivity index (χ2v) is 3.48. The number of carboxylic acid groups (broad SMARTS) is 1. The van der Waals surface area contributed by atoms with Gasteiger partial charge in [-0.2, -0.15) is 4.39 Å². The maximum absolute atomic E-state index is 13.3. The van der Waals surface area contributed by atoms with Crippen molar-refractivity contribution in [2.24, 2.45) is 0 Å². The van der Waals surface area contributed by atoms with E-state index in [4.69, 9.17) is 5.11 Å². The first-order valence-corrected chi connectivity index (χ1v) is 5.04. The number of nitro groups is 1.